The molecule has 0 aromatic heterocycles. The smallest absolute Gasteiger partial charge is 0.0406 e. The summed E-state index contributed by atoms with van der Waals surface area (Å²) in [6.45, 7) is 0. The second-order valence-electron chi connectivity index (χ2n) is 9.99. The van der Waals surface area contributed by atoms with Crippen LogP contribution in [0, 0.1) is 11.8 Å². The van der Waals surface area contributed by atoms with E-state index in [1.165, 1.54) is 54.9 Å². The van der Waals surface area contributed by atoms with Crippen LogP contribution in [0.4, 0.5) is 0 Å². The van der Waals surface area contributed by atoms with Crippen molar-refractivity contribution in [3.8, 4) is 45.2 Å². The minimum absolute atomic E-state index is 1.00. The van der Waals surface area contributed by atoms with Crippen LogP contribution in [0.15, 0.2) is 158 Å². The molecule has 0 nitrogen and oxygen atoms in total. The van der Waals surface area contributed by atoms with Gasteiger partial charge < -0.3 is 0 Å². The lowest BCUT2D eigenvalue weighted by Crippen LogP contribution is -1.90. The highest BCUT2D eigenvalue weighted by Crippen LogP contribution is 2.39. The summed E-state index contributed by atoms with van der Waals surface area (Å²) in [6.07, 6.45) is 0. The van der Waals surface area contributed by atoms with Gasteiger partial charge in [-0.1, -0.05) is 151 Å². The van der Waals surface area contributed by atoms with Gasteiger partial charge in [0.2, 0.25) is 0 Å². The molecule has 7 rings (SSSR count). The van der Waals surface area contributed by atoms with Crippen LogP contribution in [0.5, 0.6) is 0 Å². The summed E-state index contributed by atoms with van der Waals surface area (Å²) in [6, 6.07) is 55.7. The maximum atomic E-state index is 3.63. The van der Waals surface area contributed by atoms with Crippen molar-refractivity contribution in [3.05, 3.63) is 169 Å². The van der Waals surface area contributed by atoms with E-state index >= 15 is 0 Å². The SMILES string of the molecule is C(#Cc1c2ccccc2c(-c2ccccc2)c2ccccc12)c1cc(-c2ccccc2)cc(-c2ccccc2)c1. The predicted octanol–water partition coefficient (Wildman–Crippen LogP) is 10.4. The maximum Gasteiger partial charge on any atom is 0.0406 e. The highest BCUT2D eigenvalue weighted by atomic mass is 14.2. The minimum Gasteiger partial charge on any atom is -0.0622 e. The van der Waals surface area contributed by atoms with Crippen molar-refractivity contribution in [2.75, 3.05) is 0 Å². The molecule has 0 unspecified atom stereocenters. The largest absolute Gasteiger partial charge is 0.0622 e. The molecule has 40 heavy (non-hydrogen) atoms. The van der Waals surface area contributed by atoms with E-state index in [-0.39, 0.29) is 0 Å². The van der Waals surface area contributed by atoms with E-state index < -0.39 is 0 Å². The average molecular weight is 507 g/mol. The van der Waals surface area contributed by atoms with Gasteiger partial charge in [0.05, 0.1) is 0 Å². The highest BCUT2D eigenvalue weighted by Gasteiger charge is 2.14. The van der Waals surface area contributed by atoms with E-state index in [0.29, 0.717) is 0 Å². The molecule has 0 aliphatic rings. The van der Waals surface area contributed by atoms with Gasteiger partial charge in [-0.05, 0) is 73.1 Å². The molecular weight excluding hydrogens is 480 g/mol. The molecule has 7 aromatic rings. The molecule has 0 amide bonds. The number of hydrogen-bond donors (Lipinski definition) is 0. The lowest BCUT2D eigenvalue weighted by Gasteiger charge is -2.14. The van der Waals surface area contributed by atoms with E-state index in [1.54, 1.807) is 0 Å². The summed E-state index contributed by atoms with van der Waals surface area (Å²) in [4.78, 5) is 0. The summed E-state index contributed by atoms with van der Waals surface area (Å²) in [5, 5.41) is 4.80. The van der Waals surface area contributed by atoms with Crippen molar-refractivity contribution >= 4 is 21.5 Å². The molecule has 0 aliphatic carbocycles. The van der Waals surface area contributed by atoms with E-state index in [4.69, 9.17) is 0 Å². The van der Waals surface area contributed by atoms with E-state index in [0.717, 1.165) is 11.1 Å². The third kappa shape index (κ3) is 4.45. The van der Waals surface area contributed by atoms with Crippen LogP contribution in [0.2, 0.25) is 0 Å². The highest BCUT2D eigenvalue weighted by molar-refractivity contribution is 6.16. The molecule has 0 heterocycles. The Balaban J connectivity index is 1.46. The zero-order valence-corrected chi connectivity index (χ0v) is 22.0. The Labute approximate surface area is 235 Å². The van der Waals surface area contributed by atoms with Gasteiger partial charge in [0.15, 0.2) is 0 Å². The Hall–Kier alpha value is -5.38. The Kier molecular flexibility index (Phi) is 6.17. The van der Waals surface area contributed by atoms with Crippen molar-refractivity contribution < 1.29 is 0 Å². The first-order chi connectivity index (χ1) is 19.8. The van der Waals surface area contributed by atoms with Gasteiger partial charge in [0, 0.05) is 11.1 Å². The van der Waals surface area contributed by atoms with Crippen LogP contribution in [0.25, 0.3) is 54.9 Å². The van der Waals surface area contributed by atoms with Crippen LogP contribution in [-0.4, -0.2) is 0 Å². The summed E-state index contributed by atoms with van der Waals surface area (Å²) < 4.78 is 0. The second kappa shape index (κ2) is 10.4. The van der Waals surface area contributed by atoms with Gasteiger partial charge in [-0.15, -0.1) is 0 Å². The monoisotopic (exact) mass is 506 g/mol. The molecule has 0 heteroatoms. The molecule has 0 spiro atoms. The van der Waals surface area contributed by atoms with Gasteiger partial charge >= 0.3 is 0 Å². The van der Waals surface area contributed by atoms with Crippen molar-refractivity contribution in [1.29, 1.82) is 0 Å². The summed E-state index contributed by atoms with van der Waals surface area (Å²) in [7, 11) is 0. The zero-order valence-electron chi connectivity index (χ0n) is 22.0. The van der Waals surface area contributed by atoms with Gasteiger partial charge in [-0.3, -0.25) is 0 Å². The molecule has 0 fully saturated rings. The van der Waals surface area contributed by atoms with E-state index in [9.17, 15) is 0 Å². The van der Waals surface area contributed by atoms with Gasteiger partial charge in [-0.2, -0.15) is 0 Å². The van der Waals surface area contributed by atoms with Gasteiger partial charge in [0.1, 0.15) is 0 Å². The topological polar surface area (TPSA) is 0 Å². The fraction of sp³-hybridized carbons (Fsp3) is 0. The molecule has 0 bridgehead atoms. The third-order valence-corrected chi connectivity index (χ3v) is 7.47. The summed E-state index contributed by atoms with van der Waals surface area (Å²) in [5.41, 5.74) is 9.25. The van der Waals surface area contributed by atoms with Crippen molar-refractivity contribution in [2.45, 2.75) is 0 Å². The van der Waals surface area contributed by atoms with Crippen molar-refractivity contribution in [3.63, 3.8) is 0 Å². The molecule has 0 saturated heterocycles. The standard InChI is InChI=1S/C40H26/c1-4-14-30(15-5-1)33-26-29(27-34(28-33)31-16-6-2-7-17-31)24-25-37-35-20-10-12-22-38(35)40(32-18-8-3-9-19-32)39-23-13-11-21-36(37)39/h1-23,26-28H. The molecular formula is C40H26. The number of benzene rings is 7. The first-order valence-electron chi connectivity index (χ1n) is 13.6. The van der Waals surface area contributed by atoms with Gasteiger partial charge in [-0.25, -0.2) is 0 Å². The fourth-order valence-electron chi connectivity index (χ4n) is 5.61. The lowest BCUT2D eigenvalue weighted by atomic mass is 9.88. The van der Waals surface area contributed by atoms with Crippen molar-refractivity contribution in [2.24, 2.45) is 0 Å². The minimum atomic E-state index is 1.00. The van der Waals surface area contributed by atoms with Gasteiger partial charge in [0.25, 0.3) is 0 Å². The van der Waals surface area contributed by atoms with Crippen LogP contribution >= 0.6 is 0 Å². The normalized spacial score (nSPS) is 10.8. The van der Waals surface area contributed by atoms with E-state index in [1.807, 2.05) is 0 Å². The first-order valence-corrected chi connectivity index (χ1v) is 13.6. The molecule has 186 valence electrons. The average Bonchev–Trinajstić information content (AvgIpc) is 3.04. The zero-order chi connectivity index (χ0) is 26.7. The molecule has 0 aliphatic heterocycles. The van der Waals surface area contributed by atoms with Crippen LogP contribution in [0.3, 0.4) is 0 Å². The van der Waals surface area contributed by atoms with Crippen LogP contribution in [-0.2, 0) is 0 Å². The lowest BCUT2D eigenvalue weighted by molar-refractivity contribution is 1.56. The fourth-order valence-corrected chi connectivity index (χ4v) is 5.61. The van der Waals surface area contributed by atoms with Crippen molar-refractivity contribution in [1.82, 2.24) is 0 Å². The van der Waals surface area contributed by atoms with Crippen LogP contribution in [0.1, 0.15) is 11.1 Å². The first kappa shape index (κ1) is 23.7. The summed E-state index contributed by atoms with van der Waals surface area (Å²) in [5.74, 6) is 7.21. The summed E-state index contributed by atoms with van der Waals surface area (Å²) >= 11 is 0. The molecule has 7 aromatic carbocycles. The third-order valence-electron chi connectivity index (χ3n) is 7.47. The molecule has 0 saturated carbocycles. The molecule has 0 radical (unpaired) electrons. The van der Waals surface area contributed by atoms with Crippen LogP contribution < -0.4 is 0 Å². The Morgan fingerprint density at radius 1 is 0.300 bits per heavy atom. The number of fused-ring (bicyclic) bond motifs is 2. The second-order valence-corrected chi connectivity index (χ2v) is 9.99. The number of rotatable bonds is 3. The Bertz CT molecular complexity index is 1910. The number of hydrogen-bond acceptors (Lipinski definition) is 0. The predicted molar refractivity (Wildman–Crippen MR) is 170 cm³/mol. The maximum absolute atomic E-state index is 3.63. The molecule has 0 atom stereocenters. The van der Waals surface area contributed by atoms with E-state index in [2.05, 4.69) is 170 Å². The Morgan fingerprint density at radius 3 is 1.18 bits per heavy atom. The Morgan fingerprint density at radius 2 is 0.700 bits per heavy atom. The quantitative estimate of drug-likeness (QED) is 0.165. The molecule has 0 N–H and O–H groups in total.